The van der Waals surface area contributed by atoms with Crippen molar-refractivity contribution in [1.82, 2.24) is 19.4 Å². The minimum absolute atomic E-state index is 0.0558. The minimum atomic E-state index is 0.0558. The summed E-state index contributed by atoms with van der Waals surface area (Å²) >= 11 is 0. The largest absolute Gasteiger partial charge is 0.457 e. The lowest BCUT2D eigenvalue weighted by Gasteiger charge is -2.34. The van der Waals surface area contributed by atoms with E-state index < -0.39 is 0 Å². The van der Waals surface area contributed by atoms with Crippen LogP contribution in [0.5, 0.6) is 11.5 Å². The van der Waals surface area contributed by atoms with Gasteiger partial charge in [-0.1, -0.05) is 60.7 Å². The third-order valence-corrected chi connectivity index (χ3v) is 7.45. The average Bonchev–Trinajstić information content (AvgIpc) is 3.38. The van der Waals surface area contributed by atoms with Gasteiger partial charge in [0, 0.05) is 57.8 Å². The number of carbonyl (C=O) groups excluding carboxylic acids is 1. The topological polar surface area (TPSA) is 50.6 Å². The van der Waals surface area contributed by atoms with Gasteiger partial charge in [0.2, 0.25) is 0 Å². The van der Waals surface area contributed by atoms with Crippen LogP contribution in [0.4, 0.5) is 0 Å². The number of amides is 1. The number of hydrogen-bond acceptors (Lipinski definition) is 4. The normalized spacial score (nSPS) is 17.8. The summed E-state index contributed by atoms with van der Waals surface area (Å²) in [4.78, 5) is 22.4. The Hall–Kier alpha value is -3.90. The highest BCUT2D eigenvalue weighted by molar-refractivity contribution is 5.92. The fourth-order valence-electron chi connectivity index (χ4n) is 5.36. The molecule has 37 heavy (non-hydrogen) atoms. The number of piperazine rings is 1. The first kappa shape index (κ1) is 23.5. The third kappa shape index (κ3) is 5.44. The lowest BCUT2D eigenvalue weighted by molar-refractivity contribution is 0.0623. The summed E-state index contributed by atoms with van der Waals surface area (Å²) in [6.07, 6.45) is 3.87. The van der Waals surface area contributed by atoms with Gasteiger partial charge >= 0.3 is 0 Å². The van der Waals surface area contributed by atoms with Crippen molar-refractivity contribution in [3.05, 3.63) is 114 Å². The van der Waals surface area contributed by atoms with Crippen LogP contribution in [0.15, 0.2) is 91.1 Å². The molecule has 2 aliphatic rings. The molecule has 0 spiro atoms. The summed E-state index contributed by atoms with van der Waals surface area (Å²) in [6, 6.07) is 28.8. The number of imidazole rings is 1. The summed E-state index contributed by atoms with van der Waals surface area (Å²) in [5.41, 5.74) is 3.19. The molecule has 6 nitrogen and oxygen atoms in total. The monoisotopic (exact) mass is 492 g/mol. The van der Waals surface area contributed by atoms with E-state index in [2.05, 4.69) is 45.9 Å². The maximum Gasteiger partial charge on any atom is 0.274 e. The Kier molecular flexibility index (Phi) is 6.74. The fourth-order valence-corrected chi connectivity index (χ4v) is 5.36. The first-order valence-electron chi connectivity index (χ1n) is 13.2. The third-order valence-electron chi connectivity index (χ3n) is 7.45. The second-order valence-corrected chi connectivity index (χ2v) is 9.97. The van der Waals surface area contributed by atoms with Crippen molar-refractivity contribution in [3.63, 3.8) is 0 Å². The minimum Gasteiger partial charge on any atom is -0.457 e. The van der Waals surface area contributed by atoms with E-state index in [1.165, 1.54) is 11.1 Å². The van der Waals surface area contributed by atoms with Gasteiger partial charge in [-0.05, 0) is 41.8 Å². The first-order valence-corrected chi connectivity index (χ1v) is 13.2. The van der Waals surface area contributed by atoms with Crippen LogP contribution in [0.1, 0.15) is 39.8 Å². The van der Waals surface area contributed by atoms with E-state index in [9.17, 15) is 4.79 Å². The van der Waals surface area contributed by atoms with Crippen molar-refractivity contribution >= 4 is 5.91 Å². The summed E-state index contributed by atoms with van der Waals surface area (Å²) in [7, 11) is 0. The van der Waals surface area contributed by atoms with E-state index >= 15 is 0 Å². The summed E-state index contributed by atoms with van der Waals surface area (Å²) in [5.74, 6) is 3.15. The van der Waals surface area contributed by atoms with Crippen LogP contribution in [0, 0.1) is 0 Å². The standard InChI is InChI=1S/C31H32N4O2/c36-31(34-19-17-33(18-20-34)21-24-7-3-1-4-8-24)29-23-35-22-26(13-16-30(35)32-29)25-11-14-28(15-12-25)37-27-9-5-2-6-10-27/h1-12,14-15,23,26H,13,16-22H2/t26-/m1/s1. The molecule has 3 aromatic carbocycles. The van der Waals surface area contributed by atoms with Crippen LogP contribution >= 0.6 is 0 Å². The molecule has 0 aliphatic carbocycles. The van der Waals surface area contributed by atoms with Gasteiger partial charge < -0.3 is 14.2 Å². The SMILES string of the molecule is O=C(c1cn2c(n1)CC[C@@H](c1ccc(Oc3ccccc3)cc1)C2)N1CCN(Cc2ccccc2)CC1. The molecule has 1 aromatic heterocycles. The van der Waals surface area contributed by atoms with Gasteiger partial charge in [0.25, 0.3) is 5.91 Å². The lowest BCUT2D eigenvalue weighted by Crippen LogP contribution is -2.48. The zero-order chi connectivity index (χ0) is 25.0. The highest BCUT2D eigenvalue weighted by Crippen LogP contribution is 2.31. The van der Waals surface area contributed by atoms with Gasteiger partial charge in [0.05, 0.1) is 0 Å². The maximum absolute atomic E-state index is 13.2. The van der Waals surface area contributed by atoms with Gasteiger partial charge in [-0.15, -0.1) is 0 Å². The number of rotatable bonds is 6. The van der Waals surface area contributed by atoms with E-state index in [0.29, 0.717) is 11.6 Å². The number of para-hydroxylation sites is 1. The predicted octanol–water partition coefficient (Wildman–Crippen LogP) is 5.36. The summed E-state index contributed by atoms with van der Waals surface area (Å²) in [6.45, 7) is 5.05. The molecule has 0 N–H and O–H groups in total. The Morgan fingerprint density at radius 1 is 0.838 bits per heavy atom. The summed E-state index contributed by atoms with van der Waals surface area (Å²) in [5, 5.41) is 0. The smallest absolute Gasteiger partial charge is 0.274 e. The lowest BCUT2D eigenvalue weighted by atomic mass is 9.91. The number of nitrogens with zero attached hydrogens (tertiary/aromatic N) is 4. The van der Waals surface area contributed by atoms with Crippen LogP contribution in [0.25, 0.3) is 0 Å². The zero-order valence-electron chi connectivity index (χ0n) is 21.0. The van der Waals surface area contributed by atoms with E-state index in [1.54, 1.807) is 0 Å². The van der Waals surface area contributed by atoms with Crippen molar-refractivity contribution < 1.29 is 9.53 Å². The number of fused-ring (bicyclic) bond motifs is 1. The van der Waals surface area contributed by atoms with Crippen LogP contribution < -0.4 is 4.74 Å². The number of benzene rings is 3. The van der Waals surface area contributed by atoms with Gasteiger partial charge in [0.1, 0.15) is 23.0 Å². The average molecular weight is 493 g/mol. The molecule has 0 radical (unpaired) electrons. The van der Waals surface area contributed by atoms with Crippen LogP contribution in [-0.4, -0.2) is 51.4 Å². The number of aryl methyl sites for hydroxylation is 1. The fraction of sp³-hybridized carbons (Fsp3) is 0.290. The Morgan fingerprint density at radius 3 is 2.24 bits per heavy atom. The molecular formula is C31H32N4O2. The van der Waals surface area contributed by atoms with E-state index in [1.807, 2.05) is 59.6 Å². The van der Waals surface area contributed by atoms with Crippen molar-refractivity contribution in [2.45, 2.75) is 31.8 Å². The molecule has 1 atom stereocenters. The van der Waals surface area contributed by atoms with E-state index in [-0.39, 0.29) is 5.91 Å². The van der Waals surface area contributed by atoms with Crippen molar-refractivity contribution in [1.29, 1.82) is 0 Å². The summed E-state index contributed by atoms with van der Waals surface area (Å²) < 4.78 is 8.12. The highest BCUT2D eigenvalue weighted by Gasteiger charge is 2.27. The van der Waals surface area contributed by atoms with Gasteiger partial charge in [-0.25, -0.2) is 4.98 Å². The predicted molar refractivity (Wildman–Crippen MR) is 144 cm³/mol. The number of carbonyl (C=O) groups is 1. The Balaban J connectivity index is 1.05. The molecule has 6 heteroatoms. The molecule has 188 valence electrons. The molecule has 3 heterocycles. The molecular weight excluding hydrogens is 460 g/mol. The van der Waals surface area contributed by atoms with Crippen LogP contribution in [0.3, 0.4) is 0 Å². The molecule has 6 rings (SSSR count). The van der Waals surface area contributed by atoms with Crippen molar-refractivity contribution in [2.75, 3.05) is 26.2 Å². The highest BCUT2D eigenvalue weighted by atomic mass is 16.5. The molecule has 4 aromatic rings. The quantitative estimate of drug-likeness (QED) is 0.363. The van der Waals surface area contributed by atoms with Gasteiger partial charge in [0.15, 0.2) is 0 Å². The molecule has 0 bridgehead atoms. The van der Waals surface area contributed by atoms with Crippen LogP contribution in [-0.2, 0) is 19.5 Å². The Bertz CT molecular complexity index is 1330. The molecule has 1 saturated heterocycles. The Morgan fingerprint density at radius 2 is 1.51 bits per heavy atom. The van der Waals surface area contributed by atoms with Crippen molar-refractivity contribution in [2.24, 2.45) is 0 Å². The second-order valence-electron chi connectivity index (χ2n) is 9.97. The molecule has 0 unspecified atom stereocenters. The maximum atomic E-state index is 13.2. The molecule has 2 aliphatic heterocycles. The van der Waals surface area contributed by atoms with Gasteiger partial charge in [-0.2, -0.15) is 0 Å². The van der Waals surface area contributed by atoms with Gasteiger partial charge in [-0.3, -0.25) is 9.69 Å². The number of hydrogen-bond donors (Lipinski definition) is 0. The van der Waals surface area contributed by atoms with E-state index in [4.69, 9.17) is 9.72 Å². The Labute approximate surface area is 218 Å². The first-order chi connectivity index (χ1) is 18.2. The van der Waals surface area contributed by atoms with Crippen molar-refractivity contribution in [3.8, 4) is 11.5 Å². The zero-order valence-corrected chi connectivity index (χ0v) is 21.0. The molecule has 1 fully saturated rings. The number of ether oxygens (including phenoxy) is 1. The molecule has 0 saturated carbocycles. The number of aromatic nitrogens is 2. The van der Waals surface area contributed by atoms with E-state index in [0.717, 1.165) is 69.4 Å². The molecule has 1 amide bonds. The second kappa shape index (κ2) is 10.6. The van der Waals surface area contributed by atoms with Crippen LogP contribution in [0.2, 0.25) is 0 Å².